The molecule has 100 valence electrons. The first kappa shape index (κ1) is 12.2. The molecule has 19 heavy (non-hydrogen) atoms. The molecule has 2 aromatic rings. The highest BCUT2D eigenvalue weighted by Crippen LogP contribution is 2.24. The third kappa shape index (κ3) is 2.12. The van der Waals surface area contributed by atoms with Gasteiger partial charge < -0.3 is 15.2 Å². The Balaban J connectivity index is 2.12. The van der Waals surface area contributed by atoms with Crippen molar-refractivity contribution in [1.82, 2.24) is 10.3 Å². The Labute approximate surface area is 112 Å². The molecule has 4 nitrogen and oxygen atoms in total. The number of hydrogen-bond donors (Lipinski definition) is 2. The molecule has 2 heterocycles. The Bertz CT molecular complexity index is 660. The van der Waals surface area contributed by atoms with Gasteiger partial charge in [0, 0.05) is 30.6 Å². The number of anilines is 1. The van der Waals surface area contributed by atoms with Crippen LogP contribution >= 0.6 is 0 Å². The van der Waals surface area contributed by atoms with E-state index in [1.807, 2.05) is 24.3 Å². The van der Waals surface area contributed by atoms with Gasteiger partial charge in [-0.2, -0.15) is 0 Å². The van der Waals surface area contributed by atoms with Crippen LogP contribution in [0.4, 0.5) is 5.82 Å². The molecule has 0 bridgehead atoms. The van der Waals surface area contributed by atoms with Gasteiger partial charge in [0.25, 0.3) is 5.56 Å². The minimum atomic E-state index is -0.0116. The first-order valence-corrected chi connectivity index (χ1v) is 6.68. The Kier molecular flexibility index (Phi) is 2.82. The van der Waals surface area contributed by atoms with Crippen LogP contribution in [0.25, 0.3) is 10.8 Å². The molecule has 0 saturated carbocycles. The highest BCUT2D eigenvalue weighted by atomic mass is 16.1. The molecule has 1 aromatic carbocycles. The summed E-state index contributed by atoms with van der Waals surface area (Å²) in [5.41, 5.74) is -0.00802. The number of aromatic nitrogens is 1. The first-order chi connectivity index (χ1) is 9.08. The normalized spacial score (nSPS) is 18.7. The van der Waals surface area contributed by atoms with Gasteiger partial charge in [-0.3, -0.25) is 4.79 Å². The van der Waals surface area contributed by atoms with Crippen LogP contribution in [0.3, 0.4) is 0 Å². The highest BCUT2D eigenvalue weighted by molar-refractivity contribution is 5.83. The van der Waals surface area contributed by atoms with Crippen LogP contribution < -0.4 is 15.8 Å². The summed E-state index contributed by atoms with van der Waals surface area (Å²) in [6, 6.07) is 9.79. The van der Waals surface area contributed by atoms with Crippen LogP contribution in [0.2, 0.25) is 0 Å². The van der Waals surface area contributed by atoms with E-state index in [1.54, 1.807) is 0 Å². The first-order valence-electron chi connectivity index (χ1n) is 6.68. The van der Waals surface area contributed by atoms with E-state index >= 15 is 0 Å². The van der Waals surface area contributed by atoms with Gasteiger partial charge in [0.05, 0.1) is 0 Å². The fourth-order valence-electron chi connectivity index (χ4n) is 2.77. The number of H-pyrrole nitrogens is 1. The summed E-state index contributed by atoms with van der Waals surface area (Å²) in [6.45, 7) is 7.14. The molecule has 1 aromatic heterocycles. The number of pyridine rings is 1. The van der Waals surface area contributed by atoms with Crippen LogP contribution in [0.15, 0.2) is 35.1 Å². The number of nitrogens with zero attached hydrogens (tertiary/aromatic N) is 1. The quantitative estimate of drug-likeness (QED) is 0.817. The van der Waals surface area contributed by atoms with Gasteiger partial charge in [-0.05, 0) is 31.4 Å². The average molecular weight is 257 g/mol. The second-order valence-electron chi connectivity index (χ2n) is 5.71. The maximum atomic E-state index is 12.2. The summed E-state index contributed by atoms with van der Waals surface area (Å²) < 4.78 is 0. The third-order valence-corrected chi connectivity index (χ3v) is 3.83. The number of rotatable bonds is 1. The Hall–Kier alpha value is -1.81. The lowest BCUT2D eigenvalue weighted by Crippen LogP contribution is -2.58. The van der Waals surface area contributed by atoms with E-state index in [4.69, 9.17) is 0 Å². The van der Waals surface area contributed by atoms with Crippen LogP contribution in [0, 0.1) is 0 Å². The molecule has 1 aliphatic heterocycles. The molecule has 0 spiro atoms. The van der Waals surface area contributed by atoms with Crippen molar-refractivity contribution in [3.63, 3.8) is 0 Å². The summed E-state index contributed by atoms with van der Waals surface area (Å²) >= 11 is 0. The number of nitrogens with one attached hydrogen (secondary N) is 2. The second kappa shape index (κ2) is 4.38. The van der Waals surface area contributed by atoms with Gasteiger partial charge in [-0.15, -0.1) is 0 Å². The van der Waals surface area contributed by atoms with Crippen LogP contribution in [-0.4, -0.2) is 30.2 Å². The maximum absolute atomic E-state index is 12.2. The molecule has 0 radical (unpaired) electrons. The molecule has 1 saturated heterocycles. The SMILES string of the molecule is CC1(C)CNCCN1c1cc2ccccc2c(=O)[nH]1. The fraction of sp³-hybridized carbons (Fsp3) is 0.400. The zero-order valence-electron chi connectivity index (χ0n) is 11.4. The summed E-state index contributed by atoms with van der Waals surface area (Å²) in [7, 11) is 0. The van der Waals surface area contributed by atoms with Crippen molar-refractivity contribution in [2.75, 3.05) is 24.5 Å². The van der Waals surface area contributed by atoms with Crippen LogP contribution in [-0.2, 0) is 0 Å². The molecular weight excluding hydrogens is 238 g/mol. The van der Waals surface area contributed by atoms with Gasteiger partial charge in [0.1, 0.15) is 5.82 Å². The van der Waals surface area contributed by atoms with Crippen molar-refractivity contribution >= 4 is 16.6 Å². The molecule has 1 aliphatic rings. The van der Waals surface area contributed by atoms with E-state index in [1.165, 1.54) is 0 Å². The topological polar surface area (TPSA) is 48.1 Å². The zero-order valence-corrected chi connectivity index (χ0v) is 11.4. The third-order valence-electron chi connectivity index (χ3n) is 3.83. The molecule has 4 heteroatoms. The van der Waals surface area contributed by atoms with Crippen molar-refractivity contribution in [3.05, 3.63) is 40.7 Å². The minimum Gasteiger partial charge on any atom is -0.350 e. The predicted octanol–water partition coefficient (Wildman–Crippen LogP) is 1.72. The number of piperazine rings is 1. The smallest absolute Gasteiger partial charge is 0.257 e. The largest absolute Gasteiger partial charge is 0.350 e. The molecule has 0 amide bonds. The molecule has 2 N–H and O–H groups in total. The number of benzene rings is 1. The van der Waals surface area contributed by atoms with Crippen molar-refractivity contribution in [2.45, 2.75) is 19.4 Å². The van der Waals surface area contributed by atoms with Crippen molar-refractivity contribution in [3.8, 4) is 0 Å². The fourth-order valence-corrected chi connectivity index (χ4v) is 2.77. The van der Waals surface area contributed by atoms with E-state index in [-0.39, 0.29) is 11.1 Å². The molecule has 0 aliphatic carbocycles. The standard InChI is InChI=1S/C15H19N3O/c1-15(2)10-16-7-8-18(15)13-9-11-5-3-4-6-12(11)14(19)17-13/h3-6,9,16H,7-8,10H2,1-2H3,(H,17,19). The van der Waals surface area contributed by atoms with Crippen LogP contribution in [0.5, 0.6) is 0 Å². The maximum Gasteiger partial charge on any atom is 0.257 e. The lowest BCUT2D eigenvalue weighted by atomic mass is 10.00. The number of hydrogen-bond acceptors (Lipinski definition) is 3. The molecular formula is C15H19N3O. The van der Waals surface area contributed by atoms with Crippen molar-refractivity contribution < 1.29 is 0 Å². The summed E-state index contributed by atoms with van der Waals surface area (Å²) in [6.07, 6.45) is 0. The van der Waals surface area contributed by atoms with Gasteiger partial charge in [-0.1, -0.05) is 18.2 Å². The summed E-state index contributed by atoms with van der Waals surface area (Å²) in [5.74, 6) is 0.912. The second-order valence-corrected chi connectivity index (χ2v) is 5.71. The minimum absolute atomic E-state index is 0.00362. The van der Waals surface area contributed by atoms with E-state index < -0.39 is 0 Å². The molecule has 1 fully saturated rings. The van der Waals surface area contributed by atoms with E-state index in [0.717, 1.165) is 36.2 Å². The zero-order chi connectivity index (χ0) is 13.5. The predicted molar refractivity (Wildman–Crippen MR) is 78.9 cm³/mol. The van der Waals surface area contributed by atoms with E-state index in [2.05, 4.69) is 35.1 Å². The Morgan fingerprint density at radius 1 is 1.26 bits per heavy atom. The number of fused-ring (bicyclic) bond motifs is 1. The summed E-state index contributed by atoms with van der Waals surface area (Å²) in [4.78, 5) is 17.4. The monoisotopic (exact) mass is 257 g/mol. The van der Waals surface area contributed by atoms with Crippen molar-refractivity contribution in [1.29, 1.82) is 0 Å². The molecule has 3 rings (SSSR count). The Morgan fingerprint density at radius 3 is 2.84 bits per heavy atom. The summed E-state index contributed by atoms with van der Waals surface area (Å²) in [5, 5.41) is 5.14. The van der Waals surface area contributed by atoms with Crippen LogP contribution in [0.1, 0.15) is 13.8 Å². The lowest BCUT2D eigenvalue weighted by Gasteiger charge is -2.44. The average Bonchev–Trinajstić information content (AvgIpc) is 2.38. The van der Waals surface area contributed by atoms with E-state index in [9.17, 15) is 4.79 Å². The van der Waals surface area contributed by atoms with Gasteiger partial charge in [-0.25, -0.2) is 0 Å². The van der Waals surface area contributed by atoms with Gasteiger partial charge in [0.15, 0.2) is 0 Å². The molecule has 0 unspecified atom stereocenters. The number of aromatic amines is 1. The van der Waals surface area contributed by atoms with Gasteiger partial charge >= 0.3 is 0 Å². The lowest BCUT2D eigenvalue weighted by molar-refractivity contribution is 0.378. The van der Waals surface area contributed by atoms with E-state index in [0.29, 0.717) is 0 Å². The highest BCUT2D eigenvalue weighted by Gasteiger charge is 2.30. The van der Waals surface area contributed by atoms with Gasteiger partial charge in [0.2, 0.25) is 0 Å². The molecule has 0 atom stereocenters. The Morgan fingerprint density at radius 2 is 2.05 bits per heavy atom. The van der Waals surface area contributed by atoms with Crippen molar-refractivity contribution in [2.24, 2.45) is 0 Å².